The number of hydrogen-bond donors (Lipinski definition) is 0. The smallest absolute Gasteiger partial charge is 0.0998 e. The van der Waals surface area contributed by atoms with Crippen molar-refractivity contribution in [3.8, 4) is 6.07 Å². The Morgan fingerprint density at radius 2 is 1.89 bits per heavy atom. The molecule has 0 aliphatic carbocycles. The highest BCUT2D eigenvalue weighted by Gasteiger charge is 2.37. The van der Waals surface area contributed by atoms with Gasteiger partial charge < -0.3 is 4.90 Å². The molecule has 27 heavy (non-hydrogen) atoms. The lowest BCUT2D eigenvalue weighted by Gasteiger charge is -2.50. The maximum Gasteiger partial charge on any atom is 0.0998 e. The number of fused-ring (bicyclic) bond motifs is 1. The molecular weight excluding hydrogens is 396 g/mol. The molecule has 3 heteroatoms. The quantitative estimate of drug-likeness (QED) is 0.392. The Morgan fingerprint density at radius 3 is 2.48 bits per heavy atom. The fourth-order valence-corrected chi connectivity index (χ4v) is 4.78. The van der Waals surface area contributed by atoms with E-state index in [1.165, 1.54) is 11.3 Å². The molecule has 3 rings (SSSR count). The number of nitriles is 1. The summed E-state index contributed by atoms with van der Waals surface area (Å²) in [7, 11) is 0. The first-order valence-electron chi connectivity index (χ1n) is 9.54. The van der Waals surface area contributed by atoms with Crippen LogP contribution in [0.2, 0.25) is 0 Å². The zero-order valence-corrected chi connectivity index (χ0v) is 18.3. The van der Waals surface area contributed by atoms with Gasteiger partial charge in [0.25, 0.3) is 0 Å². The maximum absolute atomic E-state index is 9.65. The van der Waals surface area contributed by atoms with Crippen LogP contribution in [-0.4, -0.2) is 11.6 Å². The average molecular weight is 423 g/mol. The molecule has 0 aromatic heterocycles. The molecule has 140 valence electrons. The van der Waals surface area contributed by atoms with Crippen LogP contribution >= 0.6 is 15.9 Å². The van der Waals surface area contributed by atoms with Gasteiger partial charge in [0, 0.05) is 21.7 Å². The molecule has 0 spiro atoms. The molecule has 1 heterocycles. The lowest BCUT2D eigenvalue weighted by Crippen LogP contribution is -2.51. The van der Waals surface area contributed by atoms with Gasteiger partial charge in [0.15, 0.2) is 0 Å². The summed E-state index contributed by atoms with van der Waals surface area (Å²) in [6.45, 7) is 11.5. The van der Waals surface area contributed by atoms with Crippen LogP contribution in [0.5, 0.6) is 0 Å². The van der Waals surface area contributed by atoms with Gasteiger partial charge in [-0.25, -0.2) is 0 Å². The third kappa shape index (κ3) is 3.96. The van der Waals surface area contributed by atoms with Crippen LogP contribution < -0.4 is 4.90 Å². The van der Waals surface area contributed by atoms with Gasteiger partial charge in [-0.1, -0.05) is 41.1 Å². The normalized spacial score (nSPS) is 19.0. The molecule has 2 nitrogen and oxygen atoms in total. The minimum absolute atomic E-state index is 0.146. The summed E-state index contributed by atoms with van der Waals surface area (Å²) < 4.78 is 1.02. The van der Waals surface area contributed by atoms with E-state index in [4.69, 9.17) is 0 Å². The van der Waals surface area contributed by atoms with E-state index >= 15 is 0 Å². The fraction of sp³-hybridized carbons (Fsp3) is 0.375. The molecule has 1 aliphatic rings. The van der Waals surface area contributed by atoms with Crippen LogP contribution in [0.25, 0.3) is 11.6 Å². The molecule has 0 saturated carbocycles. The van der Waals surface area contributed by atoms with Crippen molar-refractivity contribution in [2.24, 2.45) is 0 Å². The Morgan fingerprint density at radius 1 is 1.22 bits per heavy atom. The predicted molar refractivity (Wildman–Crippen MR) is 119 cm³/mol. The van der Waals surface area contributed by atoms with Crippen molar-refractivity contribution in [2.75, 3.05) is 4.90 Å². The molecule has 1 atom stereocenters. The largest absolute Gasteiger partial charge is 0.364 e. The van der Waals surface area contributed by atoms with Crippen LogP contribution in [0.3, 0.4) is 0 Å². The van der Waals surface area contributed by atoms with Gasteiger partial charge in [-0.2, -0.15) is 5.26 Å². The highest BCUT2D eigenvalue weighted by atomic mass is 79.9. The number of nitrogens with zero attached hydrogens (tertiary/aromatic N) is 2. The lowest BCUT2D eigenvalue weighted by molar-refractivity contribution is 0.356. The fourth-order valence-electron chi connectivity index (χ4n) is 4.51. The molecule has 0 amide bonds. The van der Waals surface area contributed by atoms with Crippen LogP contribution in [0.4, 0.5) is 5.69 Å². The minimum Gasteiger partial charge on any atom is -0.364 e. The molecule has 2 aromatic carbocycles. The Kier molecular flexibility index (Phi) is 5.49. The Bertz CT molecular complexity index is 901. The van der Waals surface area contributed by atoms with Gasteiger partial charge in [0.1, 0.15) is 0 Å². The number of hydrogen-bond acceptors (Lipinski definition) is 2. The van der Waals surface area contributed by atoms with Gasteiger partial charge in [-0.3, -0.25) is 0 Å². The first kappa shape index (κ1) is 19.7. The number of benzene rings is 2. The highest BCUT2D eigenvalue weighted by Crippen LogP contribution is 2.44. The second kappa shape index (κ2) is 7.52. The molecule has 1 aliphatic heterocycles. The van der Waals surface area contributed by atoms with Crippen LogP contribution in [0.1, 0.15) is 63.6 Å². The van der Waals surface area contributed by atoms with Gasteiger partial charge in [-0.15, -0.1) is 0 Å². The van der Waals surface area contributed by atoms with Gasteiger partial charge >= 0.3 is 0 Å². The van der Waals surface area contributed by atoms with Gasteiger partial charge in [0.05, 0.1) is 11.6 Å². The third-order valence-corrected chi connectivity index (χ3v) is 5.93. The van der Waals surface area contributed by atoms with Crippen molar-refractivity contribution in [1.82, 2.24) is 0 Å². The van der Waals surface area contributed by atoms with E-state index < -0.39 is 0 Å². The predicted octanol–water partition coefficient (Wildman–Crippen LogP) is 7.01. The standard InChI is InChI=1S/C24H27BrN2/c1-16(2)27-23-11-6-18(13-22(23)17(3)14-24(27,4)5)12-20(15-26)19-7-9-21(25)10-8-19/h6-13,16-17H,14H2,1-5H3/b20-12-. The van der Waals surface area contributed by atoms with E-state index in [2.05, 4.69) is 79.7 Å². The zero-order chi connectivity index (χ0) is 19.8. The summed E-state index contributed by atoms with van der Waals surface area (Å²) in [4.78, 5) is 2.54. The molecular formula is C24H27BrN2. The van der Waals surface area contributed by atoms with Crippen molar-refractivity contribution >= 4 is 33.3 Å². The van der Waals surface area contributed by atoms with Gasteiger partial charge in [0.2, 0.25) is 0 Å². The first-order valence-corrected chi connectivity index (χ1v) is 10.3. The van der Waals surface area contributed by atoms with E-state index in [9.17, 15) is 5.26 Å². The Hall–Kier alpha value is -2.05. The highest BCUT2D eigenvalue weighted by molar-refractivity contribution is 9.10. The Balaban J connectivity index is 2.04. The molecule has 0 saturated heterocycles. The molecule has 2 aromatic rings. The molecule has 0 N–H and O–H groups in total. The van der Waals surface area contributed by atoms with Crippen molar-refractivity contribution in [2.45, 2.75) is 58.5 Å². The van der Waals surface area contributed by atoms with Crippen LogP contribution in [-0.2, 0) is 0 Å². The summed E-state index contributed by atoms with van der Waals surface area (Å²) in [5.41, 5.74) is 5.57. The molecule has 0 fully saturated rings. The summed E-state index contributed by atoms with van der Waals surface area (Å²) in [6.07, 6.45) is 3.12. The van der Waals surface area contributed by atoms with Crippen LogP contribution in [0, 0.1) is 11.3 Å². The summed E-state index contributed by atoms with van der Waals surface area (Å²) in [5, 5.41) is 9.65. The average Bonchev–Trinajstić information content (AvgIpc) is 2.60. The van der Waals surface area contributed by atoms with E-state index in [1.807, 2.05) is 30.3 Å². The SMILES string of the molecule is CC1CC(C)(C)N(C(C)C)c2ccc(/C=C(/C#N)c3ccc(Br)cc3)cc21. The second-order valence-electron chi connectivity index (χ2n) is 8.38. The van der Waals surface area contributed by atoms with Crippen LogP contribution in [0.15, 0.2) is 46.9 Å². The van der Waals surface area contributed by atoms with E-state index in [0.29, 0.717) is 17.5 Å². The second-order valence-corrected chi connectivity index (χ2v) is 9.29. The van der Waals surface area contributed by atoms with Gasteiger partial charge in [-0.05, 0) is 87.1 Å². The number of allylic oxidation sites excluding steroid dienone is 1. The zero-order valence-electron chi connectivity index (χ0n) is 16.8. The molecule has 0 bridgehead atoms. The van der Waals surface area contributed by atoms with Crippen molar-refractivity contribution in [3.05, 3.63) is 63.6 Å². The molecule has 1 unspecified atom stereocenters. The maximum atomic E-state index is 9.65. The van der Waals surface area contributed by atoms with E-state index in [0.717, 1.165) is 22.0 Å². The van der Waals surface area contributed by atoms with E-state index in [-0.39, 0.29) is 5.54 Å². The summed E-state index contributed by atoms with van der Waals surface area (Å²) in [5.74, 6) is 0.497. The Labute approximate surface area is 171 Å². The number of anilines is 1. The first-order chi connectivity index (χ1) is 12.7. The third-order valence-electron chi connectivity index (χ3n) is 5.40. The van der Waals surface area contributed by atoms with Crippen molar-refractivity contribution in [3.63, 3.8) is 0 Å². The monoisotopic (exact) mass is 422 g/mol. The van der Waals surface area contributed by atoms with Crippen molar-refractivity contribution < 1.29 is 0 Å². The summed E-state index contributed by atoms with van der Waals surface area (Å²) in [6, 6.07) is 17.3. The molecule has 0 radical (unpaired) electrons. The summed E-state index contributed by atoms with van der Waals surface area (Å²) >= 11 is 3.45. The topological polar surface area (TPSA) is 27.0 Å². The lowest BCUT2D eigenvalue weighted by atomic mass is 9.78. The van der Waals surface area contributed by atoms with E-state index in [1.54, 1.807) is 0 Å². The minimum atomic E-state index is 0.146. The van der Waals surface area contributed by atoms with Crippen molar-refractivity contribution in [1.29, 1.82) is 5.26 Å². The number of rotatable bonds is 3. The number of halogens is 1.